The minimum absolute atomic E-state index is 0.407. The van der Waals surface area contributed by atoms with Crippen molar-refractivity contribution in [2.45, 2.75) is 26.7 Å². The van der Waals surface area contributed by atoms with Crippen molar-refractivity contribution in [3.8, 4) is 0 Å². The number of hydrogen-bond acceptors (Lipinski definition) is 1. The molecule has 1 rings (SSSR count). The van der Waals surface area contributed by atoms with E-state index in [1.165, 1.54) is 5.57 Å². The van der Waals surface area contributed by atoms with Crippen LogP contribution in [-0.4, -0.2) is 5.11 Å². The van der Waals surface area contributed by atoms with Crippen LogP contribution in [0.3, 0.4) is 0 Å². The average Bonchev–Trinajstić information content (AvgIpc) is 2.06. The standard InChI is InChI=1S/C12H16O/c1-9(2)4-6-11-8-10(3)5-7-12(11)13/h4-5,7,13H,3,6,8H2,1-2H3. The molecule has 0 aliphatic heterocycles. The summed E-state index contributed by atoms with van der Waals surface area (Å²) in [7, 11) is 0. The first-order valence-corrected chi connectivity index (χ1v) is 4.50. The van der Waals surface area contributed by atoms with Gasteiger partial charge in [-0.25, -0.2) is 0 Å². The van der Waals surface area contributed by atoms with Gasteiger partial charge < -0.3 is 5.11 Å². The van der Waals surface area contributed by atoms with Crippen LogP contribution in [0.1, 0.15) is 26.7 Å². The molecule has 0 aromatic heterocycles. The van der Waals surface area contributed by atoms with E-state index >= 15 is 0 Å². The van der Waals surface area contributed by atoms with Gasteiger partial charge in [-0.1, -0.05) is 29.9 Å². The lowest BCUT2D eigenvalue weighted by Crippen LogP contribution is -1.95. The molecule has 13 heavy (non-hydrogen) atoms. The summed E-state index contributed by atoms with van der Waals surface area (Å²) in [5.74, 6) is 0.407. The van der Waals surface area contributed by atoms with Crippen molar-refractivity contribution in [1.82, 2.24) is 0 Å². The summed E-state index contributed by atoms with van der Waals surface area (Å²) < 4.78 is 0. The minimum atomic E-state index is 0.407. The van der Waals surface area contributed by atoms with E-state index in [2.05, 4.69) is 26.5 Å². The fourth-order valence-corrected chi connectivity index (χ4v) is 1.24. The molecule has 0 bridgehead atoms. The molecule has 0 saturated carbocycles. The fraction of sp³-hybridized carbons (Fsp3) is 0.333. The molecule has 0 atom stereocenters. The van der Waals surface area contributed by atoms with Crippen LogP contribution in [0.4, 0.5) is 0 Å². The van der Waals surface area contributed by atoms with Gasteiger partial charge in [0.25, 0.3) is 0 Å². The van der Waals surface area contributed by atoms with E-state index in [9.17, 15) is 5.11 Å². The Bertz CT molecular complexity index is 299. The van der Waals surface area contributed by atoms with Crippen LogP contribution in [-0.2, 0) is 0 Å². The largest absolute Gasteiger partial charge is 0.508 e. The minimum Gasteiger partial charge on any atom is -0.508 e. The molecule has 0 aromatic carbocycles. The van der Waals surface area contributed by atoms with E-state index in [4.69, 9.17) is 0 Å². The third-order valence-corrected chi connectivity index (χ3v) is 2.04. The molecule has 1 nitrogen and oxygen atoms in total. The topological polar surface area (TPSA) is 20.2 Å². The highest BCUT2D eigenvalue weighted by Crippen LogP contribution is 2.23. The van der Waals surface area contributed by atoms with Crippen LogP contribution in [0.15, 0.2) is 47.3 Å². The maximum atomic E-state index is 9.52. The summed E-state index contributed by atoms with van der Waals surface area (Å²) in [5, 5.41) is 9.52. The zero-order valence-corrected chi connectivity index (χ0v) is 8.30. The maximum Gasteiger partial charge on any atom is 0.115 e. The number of allylic oxidation sites excluding steroid dienone is 6. The van der Waals surface area contributed by atoms with Gasteiger partial charge >= 0.3 is 0 Å². The Morgan fingerprint density at radius 2 is 2.23 bits per heavy atom. The van der Waals surface area contributed by atoms with E-state index in [0.717, 1.165) is 24.0 Å². The van der Waals surface area contributed by atoms with Gasteiger partial charge in [0.15, 0.2) is 0 Å². The van der Waals surface area contributed by atoms with Gasteiger partial charge in [0.2, 0.25) is 0 Å². The van der Waals surface area contributed by atoms with Crippen LogP contribution >= 0.6 is 0 Å². The van der Waals surface area contributed by atoms with Crippen molar-refractivity contribution in [2.24, 2.45) is 0 Å². The van der Waals surface area contributed by atoms with Crippen LogP contribution < -0.4 is 0 Å². The van der Waals surface area contributed by atoms with Crippen molar-refractivity contribution in [1.29, 1.82) is 0 Å². The Morgan fingerprint density at radius 3 is 2.85 bits per heavy atom. The molecule has 0 unspecified atom stereocenters. The molecule has 1 heteroatoms. The number of aliphatic hydroxyl groups is 1. The molecule has 70 valence electrons. The van der Waals surface area contributed by atoms with Crippen molar-refractivity contribution in [3.63, 3.8) is 0 Å². The van der Waals surface area contributed by atoms with Gasteiger partial charge in [0, 0.05) is 0 Å². The Balaban J connectivity index is 2.73. The highest BCUT2D eigenvalue weighted by molar-refractivity contribution is 5.36. The molecule has 1 aliphatic rings. The van der Waals surface area contributed by atoms with Gasteiger partial charge in [-0.05, 0) is 38.3 Å². The second-order valence-electron chi connectivity index (χ2n) is 3.64. The molecular weight excluding hydrogens is 160 g/mol. The third kappa shape index (κ3) is 2.94. The molecule has 0 radical (unpaired) electrons. The fourth-order valence-electron chi connectivity index (χ4n) is 1.24. The molecule has 0 fully saturated rings. The molecule has 0 aromatic rings. The first kappa shape index (κ1) is 9.85. The number of hydrogen-bond donors (Lipinski definition) is 1. The van der Waals surface area contributed by atoms with E-state index in [1.807, 2.05) is 6.08 Å². The first-order chi connectivity index (χ1) is 6.09. The summed E-state index contributed by atoms with van der Waals surface area (Å²) in [6, 6.07) is 0. The van der Waals surface area contributed by atoms with Gasteiger partial charge in [0.05, 0.1) is 0 Å². The van der Waals surface area contributed by atoms with E-state index in [0.29, 0.717) is 5.76 Å². The SMILES string of the molecule is C=C1C=CC(O)=C(CC=C(C)C)C1. The lowest BCUT2D eigenvalue weighted by Gasteiger charge is -2.11. The Hall–Kier alpha value is -1.24. The monoisotopic (exact) mass is 176 g/mol. The lowest BCUT2D eigenvalue weighted by molar-refractivity contribution is 0.420. The molecule has 0 spiro atoms. The summed E-state index contributed by atoms with van der Waals surface area (Å²) in [6.07, 6.45) is 7.34. The zero-order chi connectivity index (χ0) is 9.84. The van der Waals surface area contributed by atoms with E-state index in [1.54, 1.807) is 6.08 Å². The Labute approximate surface area is 79.8 Å². The van der Waals surface area contributed by atoms with Crippen molar-refractivity contribution in [3.05, 3.63) is 47.3 Å². The molecule has 0 saturated heterocycles. The van der Waals surface area contributed by atoms with E-state index < -0.39 is 0 Å². The van der Waals surface area contributed by atoms with Crippen molar-refractivity contribution < 1.29 is 5.11 Å². The van der Waals surface area contributed by atoms with Gasteiger partial charge in [-0.3, -0.25) is 0 Å². The van der Waals surface area contributed by atoms with Gasteiger partial charge in [-0.2, -0.15) is 0 Å². The molecular formula is C12H16O. The van der Waals surface area contributed by atoms with Crippen LogP contribution in [0.2, 0.25) is 0 Å². The highest BCUT2D eigenvalue weighted by atomic mass is 16.3. The zero-order valence-electron chi connectivity index (χ0n) is 8.30. The molecule has 1 N–H and O–H groups in total. The number of rotatable bonds is 2. The average molecular weight is 176 g/mol. The maximum absolute atomic E-state index is 9.52. The van der Waals surface area contributed by atoms with Crippen LogP contribution in [0.5, 0.6) is 0 Å². The summed E-state index contributed by atoms with van der Waals surface area (Å²) in [5.41, 5.74) is 3.41. The lowest BCUT2D eigenvalue weighted by atomic mass is 9.96. The van der Waals surface area contributed by atoms with Crippen LogP contribution in [0, 0.1) is 0 Å². The second-order valence-corrected chi connectivity index (χ2v) is 3.64. The molecule has 0 amide bonds. The van der Waals surface area contributed by atoms with Gasteiger partial charge in [-0.15, -0.1) is 0 Å². The predicted molar refractivity (Wildman–Crippen MR) is 56.6 cm³/mol. The highest BCUT2D eigenvalue weighted by Gasteiger charge is 2.07. The molecule has 0 heterocycles. The quantitative estimate of drug-likeness (QED) is 0.636. The second kappa shape index (κ2) is 4.13. The Morgan fingerprint density at radius 1 is 1.54 bits per heavy atom. The molecule has 1 aliphatic carbocycles. The summed E-state index contributed by atoms with van der Waals surface area (Å²) in [4.78, 5) is 0. The third-order valence-electron chi connectivity index (χ3n) is 2.04. The van der Waals surface area contributed by atoms with Crippen molar-refractivity contribution >= 4 is 0 Å². The predicted octanol–water partition coefficient (Wildman–Crippen LogP) is 3.67. The van der Waals surface area contributed by atoms with E-state index in [-0.39, 0.29) is 0 Å². The van der Waals surface area contributed by atoms with Crippen molar-refractivity contribution in [2.75, 3.05) is 0 Å². The van der Waals surface area contributed by atoms with Crippen LogP contribution in [0.25, 0.3) is 0 Å². The first-order valence-electron chi connectivity index (χ1n) is 4.50. The summed E-state index contributed by atoms with van der Waals surface area (Å²) in [6.45, 7) is 7.99. The normalized spacial score (nSPS) is 16.3. The van der Waals surface area contributed by atoms with Gasteiger partial charge in [0.1, 0.15) is 5.76 Å². The number of aliphatic hydroxyl groups excluding tert-OH is 1. The Kier molecular flexibility index (Phi) is 3.13. The smallest absolute Gasteiger partial charge is 0.115 e. The summed E-state index contributed by atoms with van der Waals surface area (Å²) >= 11 is 0.